The van der Waals surface area contributed by atoms with E-state index < -0.39 is 5.91 Å². The Morgan fingerprint density at radius 1 is 0.966 bits per heavy atom. The fraction of sp³-hybridized carbons (Fsp3) is 0.238. The molecule has 0 radical (unpaired) electrons. The third-order valence-electron chi connectivity index (χ3n) is 4.99. The van der Waals surface area contributed by atoms with Crippen molar-refractivity contribution in [1.82, 2.24) is 15.2 Å². The summed E-state index contributed by atoms with van der Waals surface area (Å²) in [7, 11) is 1.64. The molecular formula is C21H22N6O2. The molecule has 2 N–H and O–H groups in total. The molecule has 2 aromatic heterocycles. The summed E-state index contributed by atoms with van der Waals surface area (Å²) in [5, 5.41) is 8.80. The highest BCUT2D eigenvalue weighted by molar-refractivity contribution is 5.97. The van der Waals surface area contributed by atoms with Crippen LogP contribution in [-0.2, 0) is 0 Å². The largest absolute Gasteiger partial charge is 0.496 e. The molecule has 8 heteroatoms. The number of benzene rings is 1. The van der Waals surface area contributed by atoms with Crippen LogP contribution in [0.15, 0.2) is 54.7 Å². The van der Waals surface area contributed by atoms with Gasteiger partial charge in [0.1, 0.15) is 11.6 Å². The lowest BCUT2D eigenvalue weighted by Gasteiger charge is -2.36. The molecule has 8 nitrogen and oxygen atoms in total. The molecule has 1 aliphatic rings. The summed E-state index contributed by atoms with van der Waals surface area (Å²) >= 11 is 0. The Balaban J connectivity index is 1.46. The van der Waals surface area contributed by atoms with Gasteiger partial charge in [0.25, 0.3) is 5.91 Å². The van der Waals surface area contributed by atoms with Gasteiger partial charge in [0.15, 0.2) is 5.82 Å². The lowest BCUT2D eigenvalue weighted by atomic mass is 10.1. The van der Waals surface area contributed by atoms with Crippen LogP contribution in [0.3, 0.4) is 0 Å². The van der Waals surface area contributed by atoms with E-state index >= 15 is 0 Å². The second-order valence-corrected chi connectivity index (χ2v) is 6.69. The number of hydrogen-bond acceptors (Lipinski definition) is 7. The highest BCUT2D eigenvalue weighted by Gasteiger charge is 2.22. The second kappa shape index (κ2) is 8.14. The van der Waals surface area contributed by atoms with Gasteiger partial charge in [0.2, 0.25) is 0 Å². The highest BCUT2D eigenvalue weighted by Crippen LogP contribution is 2.28. The summed E-state index contributed by atoms with van der Waals surface area (Å²) in [6, 6.07) is 15.1. The average molecular weight is 390 g/mol. The molecule has 0 saturated carbocycles. The maximum absolute atomic E-state index is 11.7. The van der Waals surface area contributed by atoms with Gasteiger partial charge in [-0.05, 0) is 36.4 Å². The van der Waals surface area contributed by atoms with Crippen LogP contribution in [-0.4, -0.2) is 54.4 Å². The van der Waals surface area contributed by atoms with Gasteiger partial charge in [-0.3, -0.25) is 4.79 Å². The van der Waals surface area contributed by atoms with Crippen LogP contribution in [0.5, 0.6) is 5.75 Å². The fourth-order valence-corrected chi connectivity index (χ4v) is 3.48. The monoisotopic (exact) mass is 390 g/mol. The predicted octanol–water partition coefficient (Wildman–Crippen LogP) is 1.97. The number of nitrogens with zero attached hydrogens (tertiary/aromatic N) is 5. The Kier molecular flexibility index (Phi) is 5.24. The van der Waals surface area contributed by atoms with E-state index in [0.29, 0.717) is 24.5 Å². The molecule has 148 valence electrons. The number of methoxy groups -OCH3 is 1. The Morgan fingerprint density at radius 3 is 2.41 bits per heavy atom. The molecule has 1 amide bonds. The molecule has 1 saturated heterocycles. The third kappa shape index (κ3) is 3.82. The smallest absolute Gasteiger partial charge is 0.252 e. The fourth-order valence-electron chi connectivity index (χ4n) is 3.48. The van der Waals surface area contributed by atoms with Crippen molar-refractivity contribution in [3.63, 3.8) is 0 Å². The molecule has 0 spiro atoms. The van der Waals surface area contributed by atoms with Crippen molar-refractivity contribution >= 4 is 17.5 Å². The van der Waals surface area contributed by atoms with Gasteiger partial charge in [-0.15, -0.1) is 10.2 Å². The van der Waals surface area contributed by atoms with Crippen LogP contribution < -0.4 is 20.3 Å². The van der Waals surface area contributed by atoms with Crippen LogP contribution in [0.25, 0.3) is 11.3 Å². The normalized spacial score (nSPS) is 14.0. The van der Waals surface area contributed by atoms with Crippen molar-refractivity contribution < 1.29 is 9.53 Å². The number of para-hydroxylation sites is 1. The van der Waals surface area contributed by atoms with Gasteiger partial charge in [-0.1, -0.05) is 12.1 Å². The zero-order chi connectivity index (χ0) is 20.2. The van der Waals surface area contributed by atoms with E-state index in [-0.39, 0.29) is 0 Å². The van der Waals surface area contributed by atoms with E-state index in [1.165, 1.54) is 0 Å². The van der Waals surface area contributed by atoms with Gasteiger partial charge >= 0.3 is 0 Å². The highest BCUT2D eigenvalue weighted by atomic mass is 16.5. The zero-order valence-electron chi connectivity index (χ0n) is 16.2. The molecule has 4 rings (SSSR count). The van der Waals surface area contributed by atoms with E-state index in [9.17, 15) is 4.79 Å². The molecule has 3 heterocycles. The van der Waals surface area contributed by atoms with Crippen molar-refractivity contribution in [3.8, 4) is 17.0 Å². The molecule has 29 heavy (non-hydrogen) atoms. The molecule has 1 aliphatic heterocycles. The number of ether oxygens (including phenoxy) is 1. The molecule has 3 aromatic rings. The first kappa shape index (κ1) is 18.7. The number of carbonyl (C=O) groups excluding carboxylic acids is 1. The van der Waals surface area contributed by atoms with Crippen molar-refractivity contribution in [1.29, 1.82) is 0 Å². The van der Waals surface area contributed by atoms with Gasteiger partial charge in [-0.2, -0.15) is 0 Å². The lowest BCUT2D eigenvalue weighted by molar-refractivity contribution is 0.100. The lowest BCUT2D eigenvalue weighted by Crippen LogP contribution is -2.47. The quantitative estimate of drug-likeness (QED) is 0.711. The number of piperazine rings is 1. The van der Waals surface area contributed by atoms with E-state index in [1.54, 1.807) is 25.4 Å². The van der Waals surface area contributed by atoms with Crippen LogP contribution in [0.1, 0.15) is 10.4 Å². The summed E-state index contributed by atoms with van der Waals surface area (Å²) in [6.45, 7) is 2.93. The van der Waals surface area contributed by atoms with Crippen molar-refractivity contribution in [2.24, 2.45) is 5.73 Å². The molecule has 0 atom stereocenters. The van der Waals surface area contributed by atoms with Gasteiger partial charge in [-0.25, -0.2) is 4.98 Å². The Bertz CT molecular complexity index is 1000. The number of rotatable bonds is 5. The Hall–Kier alpha value is -3.68. The van der Waals surface area contributed by atoms with Crippen molar-refractivity contribution in [2.75, 3.05) is 43.1 Å². The minimum Gasteiger partial charge on any atom is -0.496 e. The summed E-state index contributed by atoms with van der Waals surface area (Å²) < 4.78 is 5.40. The van der Waals surface area contributed by atoms with Crippen LogP contribution in [0.4, 0.5) is 11.6 Å². The van der Waals surface area contributed by atoms with E-state index in [1.807, 2.05) is 36.4 Å². The topological polar surface area (TPSA) is 97.5 Å². The maximum Gasteiger partial charge on any atom is 0.252 e. The summed E-state index contributed by atoms with van der Waals surface area (Å²) in [4.78, 5) is 20.3. The molecule has 1 fully saturated rings. The number of nitrogens with two attached hydrogens (primary N) is 1. The molecule has 0 aliphatic carbocycles. The minimum absolute atomic E-state index is 0.446. The van der Waals surface area contributed by atoms with Gasteiger partial charge in [0, 0.05) is 37.9 Å². The van der Waals surface area contributed by atoms with Crippen LogP contribution in [0, 0.1) is 0 Å². The number of hydrogen-bond donors (Lipinski definition) is 1. The zero-order valence-corrected chi connectivity index (χ0v) is 16.2. The number of amides is 1. The summed E-state index contributed by atoms with van der Waals surface area (Å²) in [6.07, 6.45) is 1.68. The van der Waals surface area contributed by atoms with Crippen LogP contribution >= 0.6 is 0 Å². The maximum atomic E-state index is 11.7. The standard InChI is InChI=1S/C21H22N6O2/c1-29-18-7-3-2-5-15(18)17-8-9-19(25-24-17)26-11-13-27(14-12-26)21-16(20(22)28)6-4-10-23-21/h2-10H,11-14H2,1H3,(H2,22,28). The number of pyridine rings is 1. The number of primary amides is 1. The first-order valence-corrected chi connectivity index (χ1v) is 9.39. The molecule has 0 unspecified atom stereocenters. The minimum atomic E-state index is -0.465. The van der Waals surface area contributed by atoms with Crippen molar-refractivity contribution in [2.45, 2.75) is 0 Å². The average Bonchev–Trinajstić information content (AvgIpc) is 2.79. The first-order chi connectivity index (χ1) is 14.2. The SMILES string of the molecule is COc1ccccc1-c1ccc(N2CCN(c3ncccc3C(N)=O)CC2)nn1. The van der Waals surface area contributed by atoms with Gasteiger partial charge < -0.3 is 20.3 Å². The number of carbonyl (C=O) groups is 1. The Morgan fingerprint density at radius 2 is 1.72 bits per heavy atom. The predicted molar refractivity (Wildman–Crippen MR) is 111 cm³/mol. The van der Waals surface area contributed by atoms with E-state index in [2.05, 4.69) is 25.0 Å². The molecule has 0 bridgehead atoms. The molecular weight excluding hydrogens is 368 g/mol. The van der Waals surface area contributed by atoms with Crippen LogP contribution in [0.2, 0.25) is 0 Å². The van der Waals surface area contributed by atoms with Crippen molar-refractivity contribution in [3.05, 3.63) is 60.3 Å². The Labute approximate surface area is 168 Å². The summed E-state index contributed by atoms with van der Waals surface area (Å²) in [5.41, 5.74) is 7.60. The van der Waals surface area contributed by atoms with E-state index in [0.717, 1.165) is 35.9 Å². The third-order valence-corrected chi connectivity index (χ3v) is 4.99. The first-order valence-electron chi connectivity index (χ1n) is 9.39. The van der Waals surface area contributed by atoms with Gasteiger partial charge in [0.05, 0.1) is 18.4 Å². The molecule has 1 aromatic carbocycles. The second-order valence-electron chi connectivity index (χ2n) is 6.69. The number of aromatic nitrogens is 3. The number of anilines is 2. The van der Waals surface area contributed by atoms with E-state index in [4.69, 9.17) is 10.5 Å². The summed E-state index contributed by atoms with van der Waals surface area (Å²) in [5.74, 6) is 1.76.